The summed E-state index contributed by atoms with van der Waals surface area (Å²) in [6, 6.07) is 9.53. The lowest BCUT2D eigenvalue weighted by Crippen LogP contribution is -2.04. The van der Waals surface area contributed by atoms with Crippen LogP contribution in [0, 0.1) is 0 Å². The number of amides is 1. The zero-order chi connectivity index (χ0) is 10.4. The van der Waals surface area contributed by atoms with Gasteiger partial charge in [-0.05, 0) is 17.5 Å². The molecule has 1 amide bonds. The van der Waals surface area contributed by atoms with Crippen LogP contribution in [0.25, 0.3) is 10.8 Å². The highest BCUT2D eigenvalue weighted by atomic mass is 16.5. The van der Waals surface area contributed by atoms with E-state index in [1.807, 2.05) is 30.3 Å². The van der Waals surface area contributed by atoms with Gasteiger partial charge >= 0.3 is 0 Å². The van der Waals surface area contributed by atoms with E-state index in [9.17, 15) is 4.79 Å². The lowest BCUT2D eigenvalue weighted by molar-refractivity contribution is 0.103. The van der Waals surface area contributed by atoms with E-state index in [1.54, 1.807) is 7.11 Å². The molecule has 2 aromatic rings. The van der Waals surface area contributed by atoms with E-state index in [0.29, 0.717) is 5.75 Å². The molecule has 3 heteroatoms. The highest BCUT2D eigenvalue weighted by Gasteiger charge is 2.23. The molecule has 1 heterocycles. The van der Waals surface area contributed by atoms with Gasteiger partial charge in [-0.3, -0.25) is 4.79 Å². The molecule has 0 radical (unpaired) electrons. The van der Waals surface area contributed by atoms with Gasteiger partial charge in [0.05, 0.1) is 12.8 Å². The molecular weight excluding hydrogens is 190 g/mol. The Hall–Kier alpha value is -2.03. The van der Waals surface area contributed by atoms with E-state index in [-0.39, 0.29) is 5.91 Å². The van der Waals surface area contributed by atoms with Crippen molar-refractivity contribution < 1.29 is 9.53 Å². The second-order valence-corrected chi connectivity index (χ2v) is 3.50. The second kappa shape index (κ2) is 2.73. The number of hydrogen-bond acceptors (Lipinski definition) is 2. The lowest BCUT2D eigenvalue weighted by atomic mass is 10.1. The van der Waals surface area contributed by atoms with Crippen molar-refractivity contribution >= 4 is 22.4 Å². The van der Waals surface area contributed by atoms with Crippen LogP contribution >= 0.6 is 0 Å². The van der Waals surface area contributed by atoms with E-state index >= 15 is 0 Å². The average molecular weight is 199 g/mol. The Morgan fingerprint density at radius 1 is 1.20 bits per heavy atom. The normalized spacial score (nSPS) is 13.0. The number of methoxy groups -OCH3 is 1. The molecule has 1 aliphatic heterocycles. The molecule has 1 aliphatic rings. The number of carbonyl (C=O) groups excluding carboxylic acids is 1. The summed E-state index contributed by atoms with van der Waals surface area (Å²) >= 11 is 0. The van der Waals surface area contributed by atoms with Gasteiger partial charge in [-0.15, -0.1) is 0 Å². The standard InChI is InChI=1S/C12H9NO2/c1-15-9-6-5-7-3-2-4-8-10(7)11(9)13-12(8)14/h2-6H,1H3,(H,13,14). The van der Waals surface area contributed by atoms with Gasteiger partial charge in [0.15, 0.2) is 0 Å². The smallest absolute Gasteiger partial charge is 0.256 e. The Bertz CT molecular complexity index is 575. The predicted octanol–water partition coefficient (Wildman–Crippen LogP) is 2.41. The van der Waals surface area contributed by atoms with Crippen molar-refractivity contribution in [3.63, 3.8) is 0 Å². The van der Waals surface area contributed by atoms with E-state index in [1.165, 1.54) is 0 Å². The molecule has 0 aliphatic carbocycles. The van der Waals surface area contributed by atoms with E-state index in [0.717, 1.165) is 22.0 Å². The highest BCUT2D eigenvalue weighted by Crippen LogP contribution is 2.39. The van der Waals surface area contributed by atoms with Crippen molar-refractivity contribution in [2.45, 2.75) is 0 Å². The molecule has 0 saturated heterocycles. The number of carbonyl (C=O) groups is 1. The third-order valence-electron chi connectivity index (χ3n) is 2.71. The number of rotatable bonds is 1. The molecule has 74 valence electrons. The topological polar surface area (TPSA) is 38.3 Å². The maximum Gasteiger partial charge on any atom is 0.256 e. The molecule has 0 spiro atoms. The van der Waals surface area contributed by atoms with Crippen LogP contribution in [0.15, 0.2) is 30.3 Å². The summed E-state index contributed by atoms with van der Waals surface area (Å²) in [6.45, 7) is 0. The maximum atomic E-state index is 11.6. The SMILES string of the molecule is COc1ccc2cccc3c2c1NC3=O. The monoisotopic (exact) mass is 199 g/mol. The van der Waals surface area contributed by atoms with Gasteiger partial charge in [0.25, 0.3) is 5.91 Å². The Morgan fingerprint density at radius 2 is 2.07 bits per heavy atom. The average Bonchev–Trinajstić information content (AvgIpc) is 2.60. The van der Waals surface area contributed by atoms with Crippen molar-refractivity contribution in [2.24, 2.45) is 0 Å². The molecule has 0 atom stereocenters. The first-order chi connectivity index (χ1) is 7.31. The molecule has 3 rings (SSSR count). The van der Waals surface area contributed by atoms with Gasteiger partial charge < -0.3 is 10.1 Å². The minimum Gasteiger partial charge on any atom is -0.495 e. The Kier molecular flexibility index (Phi) is 1.51. The van der Waals surface area contributed by atoms with Crippen LogP contribution in [0.3, 0.4) is 0 Å². The first-order valence-corrected chi connectivity index (χ1v) is 4.72. The summed E-state index contributed by atoms with van der Waals surface area (Å²) < 4.78 is 5.21. The van der Waals surface area contributed by atoms with E-state index in [4.69, 9.17) is 4.74 Å². The summed E-state index contributed by atoms with van der Waals surface area (Å²) in [5.41, 5.74) is 1.51. The minimum absolute atomic E-state index is 0.0555. The number of nitrogens with one attached hydrogen (secondary N) is 1. The summed E-state index contributed by atoms with van der Waals surface area (Å²) in [7, 11) is 1.60. The fraction of sp³-hybridized carbons (Fsp3) is 0.0833. The molecule has 2 aromatic carbocycles. The maximum absolute atomic E-state index is 11.6. The second-order valence-electron chi connectivity index (χ2n) is 3.50. The third-order valence-corrected chi connectivity index (χ3v) is 2.71. The van der Waals surface area contributed by atoms with Crippen LogP contribution in [0.1, 0.15) is 10.4 Å². The van der Waals surface area contributed by atoms with Crippen LogP contribution < -0.4 is 10.1 Å². The lowest BCUT2D eigenvalue weighted by Gasteiger charge is -2.06. The van der Waals surface area contributed by atoms with Crippen LogP contribution in [0.5, 0.6) is 5.75 Å². The number of ether oxygens (including phenoxy) is 1. The van der Waals surface area contributed by atoms with Gasteiger partial charge in [-0.25, -0.2) is 0 Å². The summed E-state index contributed by atoms with van der Waals surface area (Å²) in [4.78, 5) is 11.6. The molecule has 0 unspecified atom stereocenters. The van der Waals surface area contributed by atoms with Crippen molar-refractivity contribution in [2.75, 3.05) is 12.4 Å². The van der Waals surface area contributed by atoms with E-state index < -0.39 is 0 Å². The van der Waals surface area contributed by atoms with Crippen LogP contribution in [-0.2, 0) is 0 Å². The highest BCUT2D eigenvalue weighted by molar-refractivity contribution is 6.25. The molecule has 0 aromatic heterocycles. The Morgan fingerprint density at radius 3 is 2.87 bits per heavy atom. The van der Waals surface area contributed by atoms with Gasteiger partial charge in [0.2, 0.25) is 0 Å². The quantitative estimate of drug-likeness (QED) is 0.765. The summed E-state index contributed by atoms with van der Waals surface area (Å²) in [5.74, 6) is 0.654. The fourth-order valence-corrected chi connectivity index (χ4v) is 2.02. The predicted molar refractivity (Wildman–Crippen MR) is 58.5 cm³/mol. The number of hydrogen-bond donors (Lipinski definition) is 1. The summed E-state index contributed by atoms with van der Waals surface area (Å²) in [5, 5.41) is 4.84. The van der Waals surface area contributed by atoms with E-state index in [2.05, 4.69) is 5.32 Å². The molecule has 15 heavy (non-hydrogen) atoms. The first kappa shape index (κ1) is 8.29. The van der Waals surface area contributed by atoms with Gasteiger partial charge in [-0.1, -0.05) is 18.2 Å². The summed E-state index contributed by atoms with van der Waals surface area (Å²) in [6.07, 6.45) is 0. The zero-order valence-electron chi connectivity index (χ0n) is 8.20. The first-order valence-electron chi connectivity index (χ1n) is 4.72. The van der Waals surface area contributed by atoms with Crippen molar-refractivity contribution in [1.29, 1.82) is 0 Å². The molecule has 0 saturated carbocycles. The van der Waals surface area contributed by atoms with Gasteiger partial charge in [-0.2, -0.15) is 0 Å². The van der Waals surface area contributed by atoms with Crippen LogP contribution in [0.4, 0.5) is 5.69 Å². The minimum atomic E-state index is -0.0555. The van der Waals surface area contributed by atoms with Crippen molar-refractivity contribution in [3.8, 4) is 5.75 Å². The number of benzene rings is 2. The van der Waals surface area contributed by atoms with Crippen LogP contribution in [0.2, 0.25) is 0 Å². The largest absolute Gasteiger partial charge is 0.495 e. The molecular formula is C12H9NO2. The van der Waals surface area contributed by atoms with Gasteiger partial charge in [0, 0.05) is 10.9 Å². The number of anilines is 1. The molecule has 3 nitrogen and oxygen atoms in total. The Balaban J connectivity index is 2.48. The van der Waals surface area contributed by atoms with Crippen molar-refractivity contribution in [1.82, 2.24) is 0 Å². The van der Waals surface area contributed by atoms with Crippen molar-refractivity contribution in [3.05, 3.63) is 35.9 Å². The molecule has 0 fully saturated rings. The zero-order valence-corrected chi connectivity index (χ0v) is 8.20. The molecule has 0 bridgehead atoms. The molecule has 1 N–H and O–H groups in total. The van der Waals surface area contributed by atoms with Gasteiger partial charge in [0.1, 0.15) is 5.75 Å². The third kappa shape index (κ3) is 0.973. The Labute approximate surface area is 86.7 Å². The fourth-order valence-electron chi connectivity index (χ4n) is 2.02. The van der Waals surface area contributed by atoms with Crippen LogP contribution in [-0.4, -0.2) is 13.0 Å².